The summed E-state index contributed by atoms with van der Waals surface area (Å²) in [5.41, 5.74) is 8.49. The van der Waals surface area contributed by atoms with Crippen LogP contribution in [0, 0.1) is 0 Å². The first-order chi connectivity index (χ1) is 16.2. The highest BCUT2D eigenvalue weighted by Gasteiger charge is 2.28. The van der Waals surface area contributed by atoms with Gasteiger partial charge in [0.05, 0.1) is 30.4 Å². The molecule has 0 unspecified atom stereocenters. The van der Waals surface area contributed by atoms with E-state index in [1.807, 2.05) is 25.1 Å². The SMILES string of the molecule is CCCOc1ccc(/C=N\NC(=O)CSC2c3ccccc3-c3ccccc32)cc1OCC. The molecule has 0 atom stereocenters. The van der Waals surface area contributed by atoms with E-state index in [1.165, 1.54) is 22.3 Å². The molecule has 5 nitrogen and oxygen atoms in total. The number of thioether (sulfide) groups is 1. The van der Waals surface area contributed by atoms with Crippen molar-refractivity contribution in [3.8, 4) is 22.6 Å². The highest BCUT2D eigenvalue weighted by atomic mass is 32.2. The van der Waals surface area contributed by atoms with Crippen LogP contribution in [0.25, 0.3) is 11.1 Å². The van der Waals surface area contributed by atoms with Crippen molar-refractivity contribution in [1.29, 1.82) is 0 Å². The molecule has 0 fully saturated rings. The lowest BCUT2D eigenvalue weighted by atomic mass is 10.1. The van der Waals surface area contributed by atoms with Gasteiger partial charge in [0.15, 0.2) is 11.5 Å². The Balaban J connectivity index is 1.36. The van der Waals surface area contributed by atoms with E-state index in [9.17, 15) is 4.79 Å². The number of fused-ring (bicyclic) bond motifs is 3. The standard InChI is InChI=1S/C27H28N2O3S/c1-3-15-32-24-14-13-19(16-25(24)31-4-2)17-28-29-26(30)18-33-27-22-11-7-5-9-20(22)21-10-6-8-12-23(21)27/h5-14,16-17,27H,3-4,15,18H2,1-2H3,(H,29,30)/b28-17-. The van der Waals surface area contributed by atoms with E-state index in [0.29, 0.717) is 30.5 Å². The van der Waals surface area contributed by atoms with E-state index < -0.39 is 0 Å². The first-order valence-electron chi connectivity index (χ1n) is 11.2. The smallest absolute Gasteiger partial charge is 0.250 e. The van der Waals surface area contributed by atoms with E-state index >= 15 is 0 Å². The Labute approximate surface area is 199 Å². The molecule has 1 N–H and O–H groups in total. The van der Waals surface area contributed by atoms with E-state index in [2.05, 4.69) is 66.0 Å². The molecular formula is C27H28N2O3S. The number of hydrazone groups is 1. The summed E-state index contributed by atoms with van der Waals surface area (Å²) < 4.78 is 11.4. The summed E-state index contributed by atoms with van der Waals surface area (Å²) in [6, 6.07) is 22.4. The first kappa shape index (κ1) is 22.9. The predicted molar refractivity (Wildman–Crippen MR) is 135 cm³/mol. The molecule has 0 bridgehead atoms. The van der Waals surface area contributed by atoms with E-state index in [-0.39, 0.29) is 11.2 Å². The van der Waals surface area contributed by atoms with Gasteiger partial charge in [-0.2, -0.15) is 5.10 Å². The molecule has 0 radical (unpaired) electrons. The Morgan fingerprint density at radius 2 is 1.67 bits per heavy atom. The summed E-state index contributed by atoms with van der Waals surface area (Å²) in [7, 11) is 0. The van der Waals surface area contributed by atoms with Gasteiger partial charge in [-0.05, 0) is 59.4 Å². The number of nitrogens with one attached hydrogen (secondary N) is 1. The second kappa shape index (κ2) is 11.1. The largest absolute Gasteiger partial charge is 0.490 e. The minimum atomic E-state index is -0.133. The number of nitrogens with zero attached hydrogens (tertiary/aromatic N) is 1. The average Bonchev–Trinajstić information content (AvgIpc) is 3.16. The van der Waals surface area contributed by atoms with Crippen LogP contribution >= 0.6 is 11.8 Å². The molecule has 3 aromatic carbocycles. The minimum absolute atomic E-state index is 0.133. The van der Waals surface area contributed by atoms with E-state index in [0.717, 1.165) is 12.0 Å². The van der Waals surface area contributed by atoms with Crippen molar-refractivity contribution < 1.29 is 14.3 Å². The number of hydrogen-bond acceptors (Lipinski definition) is 5. The molecule has 6 heteroatoms. The van der Waals surface area contributed by atoms with Gasteiger partial charge in [-0.15, -0.1) is 11.8 Å². The number of carbonyl (C=O) groups is 1. The maximum Gasteiger partial charge on any atom is 0.250 e. The van der Waals surface area contributed by atoms with Crippen molar-refractivity contribution in [3.05, 3.63) is 83.4 Å². The van der Waals surface area contributed by atoms with Gasteiger partial charge in [-0.3, -0.25) is 4.79 Å². The molecule has 1 aliphatic rings. The van der Waals surface area contributed by atoms with Gasteiger partial charge in [0.2, 0.25) is 5.91 Å². The molecule has 3 aromatic rings. The van der Waals surface area contributed by atoms with Crippen molar-refractivity contribution in [3.63, 3.8) is 0 Å². The second-order valence-corrected chi connectivity index (χ2v) is 8.74. The van der Waals surface area contributed by atoms with Crippen molar-refractivity contribution >= 4 is 23.9 Å². The highest BCUT2D eigenvalue weighted by Crippen LogP contribution is 2.49. The number of carbonyl (C=O) groups excluding carboxylic acids is 1. The van der Waals surface area contributed by atoms with Gasteiger partial charge in [0.25, 0.3) is 0 Å². The Hall–Kier alpha value is -3.25. The Morgan fingerprint density at radius 1 is 0.970 bits per heavy atom. The van der Waals surface area contributed by atoms with Gasteiger partial charge in [0.1, 0.15) is 0 Å². The van der Waals surface area contributed by atoms with Gasteiger partial charge < -0.3 is 9.47 Å². The molecule has 0 spiro atoms. The molecule has 1 aliphatic carbocycles. The summed E-state index contributed by atoms with van der Waals surface area (Å²) in [6.07, 6.45) is 2.55. The van der Waals surface area contributed by atoms with Gasteiger partial charge in [-0.1, -0.05) is 55.5 Å². The molecule has 0 saturated heterocycles. The van der Waals surface area contributed by atoms with Crippen LogP contribution in [0.3, 0.4) is 0 Å². The first-order valence-corrected chi connectivity index (χ1v) is 12.3. The molecular weight excluding hydrogens is 432 g/mol. The quantitative estimate of drug-likeness (QED) is 0.306. The van der Waals surface area contributed by atoms with Gasteiger partial charge in [0, 0.05) is 0 Å². The van der Waals surface area contributed by atoms with Crippen molar-refractivity contribution in [2.75, 3.05) is 19.0 Å². The Morgan fingerprint density at radius 3 is 2.33 bits per heavy atom. The maximum absolute atomic E-state index is 12.5. The van der Waals surface area contributed by atoms with Gasteiger partial charge in [-0.25, -0.2) is 5.43 Å². The van der Waals surface area contributed by atoms with Crippen LogP contribution in [0.1, 0.15) is 42.2 Å². The normalized spacial score (nSPS) is 12.4. The highest BCUT2D eigenvalue weighted by molar-refractivity contribution is 8.00. The van der Waals surface area contributed by atoms with E-state index in [4.69, 9.17) is 9.47 Å². The fraction of sp³-hybridized carbons (Fsp3) is 0.259. The van der Waals surface area contributed by atoms with Crippen molar-refractivity contribution in [2.24, 2.45) is 5.10 Å². The van der Waals surface area contributed by atoms with Crippen LogP contribution in [-0.2, 0) is 4.79 Å². The summed E-state index contributed by atoms with van der Waals surface area (Å²) in [5.74, 6) is 1.58. The fourth-order valence-electron chi connectivity index (χ4n) is 3.86. The molecule has 33 heavy (non-hydrogen) atoms. The van der Waals surface area contributed by atoms with Crippen LogP contribution < -0.4 is 14.9 Å². The Kier molecular flexibility index (Phi) is 7.68. The Bertz CT molecular complexity index is 1100. The van der Waals surface area contributed by atoms with Crippen LogP contribution in [0.4, 0.5) is 0 Å². The summed E-state index contributed by atoms with van der Waals surface area (Å²) in [5, 5.41) is 4.28. The zero-order valence-electron chi connectivity index (χ0n) is 18.9. The predicted octanol–water partition coefficient (Wildman–Crippen LogP) is 5.83. The topological polar surface area (TPSA) is 59.9 Å². The lowest BCUT2D eigenvalue weighted by Crippen LogP contribution is -2.20. The summed E-state index contributed by atoms with van der Waals surface area (Å²) in [4.78, 5) is 12.5. The summed E-state index contributed by atoms with van der Waals surface area (Å²) >= 11 is 1.62. The molecule has 1 amide bonds. The fourth-order valence-corrected chi connectivity index (χ4v) is 5.02. The average molecular weight is 461 g/mol. The molecule has 0 aliphatic heterocycles. The number of hydrogen-bond donors (Lipinski definition) is 1. The number of rotatable bonds is 10. The zero-order chi connectivity index (χ0) is 23.0. The molecule has 0 heterocycles. The van der Waals surface area contributed by atoms with Crippen molar-refractivity contribution in [2.45, 2.75) is 25.5 Å². The number of benzene rings is 3. The van der Waals surface area contributed by atoms with Crippen LogP contribution in [0.15, 0.2) is 71.8 Å². The van der Waals surface area contributed by atoms with E-state index in [1.54, 1.807) is 18.0 Å². The zero-order valence-corrected chi connectivity index (χ0v) is 19.7. The lowest BCUT2D eigenvalue weighted by molar-refractivity contribution is -0.118. The van der Waals surface area contributed by atoms with Crippen LogP contribution in [-0.4, -0.2) is 31.1 Å². The number of ether oxygens (including phenoxy) is 2. The molecule has 0 aromatic heterocycles. The van der Waals surface area contributed by atoms with Gasteiger partial charge >= 0.3 is 0 Å². The monoisotopic (exact) mass is 460 g/mol. The van der Waals surface area contributed by atoms with Crippen molar-refractivity contribution in [1.82, 2.24) is 5.43 Å². The minimum Gasteiger partial charge on any atom is -0.490 e. The van der Waals surface area contributed by atoms with Crippen LogP contribution in [0.5, 0.6) is 11.5 Å². The third-order valence-corrected chi connectivity index (χ3v) is 6.56. The summed E-state index contributed by atoms with van der Waals surface area (Å²) in [6.45, 7) is 5.18. The second-order valence-electron chi connectivity index (χ2n) is 7.65. The molecule has 170 valence electrons. The molecule has 0 saturated carbocycles. The lowest BCUT2D eigenvalue weighted by Gasteiger charge is -2.12. The van der Waals surface area contributed by atoms with Crippen LogP contribution in [0.2, 0.25) is 0 Å². The number of amides is 1. The third kappa shape index (κ3) is 5.40. The molecule has 4 rings (SSSR count). The third-order valence-electron chi connectivity index (χ3n) is 5.29. The maximum atomic E-state index is 12.5.